The minimum atomic E-state index is -0.388. The molecule has 3 aromatic heterocycles. The average molecular weight is 489 g/mol. The van der Waals surface area contributed by atoms with Gasteiger partial charge in [0.05, 0.1) is 29.4 Å². The fourth-order valence-corrected chi connectivity index (χ4v) is 4.52. The second kappa shape index (κ2) is 9.64. The standard InChI is InChI=1S/C27H29FN6O2/c1-5-36-27(35)25-17(3)31-34(18(25)4)24-13-22(29-15-30-24)12-23-16(2)26(20-8-10-21(28)11-9-20)32-33(23)14-19-6-7-19/h8-11,13,15,19H,5-7,12,14H2,1-4H3. The molecule has 3 heterocycles. The number of hydrogen-bond donors (Lipinski definition) is 0. The Kier molecular flexibility index (Phi) is 6.38. The maximum absolute atomic E-state index is 13.5. The molecule has 1 aliphatic rings. The average Bonchev–Trinajstić information content (AvgIpc) is 3.56. The number of halogens is 1. The van der Waals surface area contributed by atoms with Crippen LogP contribution in [0.2, 0.25) is 0 Å². The van der Waals surface area contributed by atoms with Gasteiger partial charge in [-0.3, -0.25) is 4.68 Å². The first-order valence-corrected chi connectivity index (χ1v) is 12.2. The van der Waals surface area contributed by atoms with Crippen LogP contribution in [0.1, 0.15) is 58.5 Å². The molecule has 0 amide bonds. The third kappa shape index (κ3) is 4.65. The van der Waals surface area contributed by atoms with E-state index in [1.807, 2.05) is 13.0 Å². The lowest BCUT2D eigenvalue weighted by Gasteiger charge is -2.09. The molecule has 1 saturated carbocycles. The quantitative estimate of drug-likeness (QED) is 0.332. The Hall–Kier alpha value is -3.88. The van der Waals surface area contributed by atoms with E-state index in [0.717, 1.165) is 34.8 Å². The number of rotatable bonds is 8. The van der Waals surface area contributed by atoms with Gasteiger partial charge < -0.3 is 4.74 Å². The van der Waals surface area contributed by atoms with Crippen LogP contribution in [0, 0.1) is 32.5 Å². The smallest absolute Gasteiger partial charge is 0.341 e. The first-order chi connectivity index (χ1) is 17.4. The van der Waals surface area contributed by atoms with Gasteiger partial charge in [-0.2, -0.15) is 10.2 Å². The molecule has 0 spiro atoms. The molecule has 8 nitrogen and oxygen atoms in total. The molecule has 9 heteroatoms. The van der Waals surface area contributed by atoms with Gasteiger partial charge in [0.15, 0.2) is 5.82 Å². The molecule has 1 fully saturated rings. The zero-order valence-electron chi connectivity index (χ0n) is 21.0. The summed E-state index contributed by atoms with van der Waals surface area (Å²) in [6.07, 6.45) is 4.50. The number of aryl methyl sites for hydroxylation is 1. The highest BCUT2D eigenvalue weighted by Crippen LogP contribution is 2.33. The van der Waals surface area contributed by atoms with E-state index in [9.17, 15) is 9.18 Å². The van der Waals surface area contributed by atoms with Crippen LogP contribution in [0.5, 0.6) is 0 Å². The van der Waals surface area contributed by atoms with Crippen LogP contribution >= 0.6 is 0 Å². The molecule has 186 valence electrons. The lowest BCUT2D eigenvalue weighted by Crippen LogP contribution is -2.10. The van der Waals surface area contributed by atoms with Crippen LogP contribution in [0.15, 0.2) is 36.7 Å². The summed E-state index contributed by atoms with van der Waals surface area (Å²) in [6.45, 7) is 8.61. The van der Waals surface area contributed by atoms with Crippen LogP contribution in [0.3, 0.4) is 0 Å². The van der Waals surface area contributed by atoms with Crippen molar-refractivity contribution in [3.63, 3.8) is 0 Å². The molecule has 4 aromatic rings. The normalized spacial score (nSPS) is 13.2. The number of carbonyl (C=O) groups excluding carboxylic acids is 1. The fraction of sp³-hybridized carbons (Fsp3) is 0.370. The topological polar surface area (TPSA) is 87.7 Å². The van der Waals surface area contributed by atoms with Gasteiger partial charge in [-0.1, -0.05) is 0 Å². The van der Waals surface area contributed by atoms with E-state index in [0.29, 0.717) is 41.7 Å². The van der Waals surface area contributed by atoms with Crippen LogP contribution in [0.4, 0.5) is 4.39 Å². The summed E-state index contributed by atoms with van der Waals surface area (Å²) in [7, 11) is 0. The Morgan fingerprint density at radius 2 is 1.86 bits per heavy atom. The molecule has 5 rings (SSSR count). The fourth-order valence-electron chi connectivity index (χ4n) is 4.52. The van der Waals surface area contributed by atoms with Crippen LogP contribution in [-0.2, 0) is 17.7 Å². The maximum Gasteiger partial charge on any atom is 0.341 e. The molecular formula is C27H29FN6O2. The summed E-state index contributed by atoms with van der Waals surface area (Å²) in [5.74, 6) is 0.570. The van der Waals surface area contributed by atoms with E-state index in [-0.39, 0.29) is 11.8 Å². The molecule has 0 aliphatic heterocycles. The van der Waals surface area contributed by atoms with E-state index in [2.05, 4.69) is 26.7 Å². The predicted molar refractivity (Wildman–Crippen MR) is 132 cm³/mol. The van der Waals surface area contributed by atoms with Crippen molar-refractivity contribution in [1.29, 1.82) is 0 Å². The summed E-state index contributed by atoms with van der Waals surface area (Å²) in [6, 6.07) is 8.35. The zero-order chi connectivity index (χ0) is 25.4. The van der Waals surface area contributed by atoms with Gasteiger partial charge in [-0.05, 0) is 76.3 Å². The van der Waals surface area contributed by atoms with Gasteiger partial charge in [0.1, 0.15) is 17.7 Å². The zero-order valence-corrected chi connectivity index (χ0v) is 21.0. The highest BCUT2D eigenvalue weighted by Gasteiger charge is 2.26. The maximum atomic E-state index is 13.5. The molecule has 0 saturated heterocycles. The van der Waals surface area contributed by atoms with E-state index in [1.54, 1.807) is 30.7 Å². The van der Waals surface area contributed by atoms with Gasteiger partial charge in [0.2, 0.25) is 0 Å². The van der Waals surface area contributed by atoms with Gasteiger partial charge >= 0.3 is 5.97 Å². The largest absolute Gasteiger partial charge is 0.462 e. The molecule has 1 aromatic carbocycles. The Bertz CT molecular complexity index is 1420. The van der Waals surface area contributed by atoms with Crippen LogP contribution in [0.25, 0.3) is 17.1 Å². The minimum Gasteiger partial charge on any atom is -0.462 e. The number of aromatic nitrogens is 6. The van der Waals surface area contributed by atoms with Crippen molar-refractivity contribution in [3.05, 3.63) is 76.4 Å². The van der Waals surface area contributed by atoms with E-state index >= 15 is 0 Å². The van der Waals surface area contributed by atoms with Crippen molar-refractivity contribution < 1.29 is 13.9 Å². The highest BCUT2D eigenvalue weighted by molar-refractivity contribution is 5.92. The number of carbonyl (C=O) groups is 1. The number of ether oxygens (including phenoxy) is 1. The third-order valence-corrected chi connectivity index (χ3v) is 6.61. The Morgan fingerprint density at radius 1 is 1.11 bits per heavy atom. The molecular weight excluding hydrogens is 459 g/mol. The molecule has 0 bridgehead atoms. The summed E-state index contributed by atoms with van der Waals surface area (Å²) in [5.41, 5.74) is 6.41. The van der Waals surface area contributed by atoms with Crippen LogP contribution in [-0.4, -0.2) is 42.1 Å². The molecule has 1 aliphatic carbocycles. The Labute approximate surface area is 209 Å². The van der Waals surface area contributed by atoms with Crippen molar-refractivity contribution in [1.82, 2.24) is 29.5 Å². The van der Waals surface area contributed by atoms with Gasteiger partial charge in [-0.15, -0.1) is 0 Å². The second-order valence-electron chi connectivity index (χ2n) is 9.28. The number of hydrogen-bond acceptors (Lipinski definition) is 6. The molecule has 36 heavy (non-hydrogen) atoms. The minimum absolute atomic E-state index is 0.266. The number of esters is 1. The van der Waals surface area contributed by atoms with Crippen molar-refractivity contribution in [2.75, 3.05) is 6.61 Å². The van der Waals surface area contributed by atoms with Gasteiger partial charge in [0, 0.05) is 30.3 Å². The number of benzene rings is 1. The lowest BCUT2D eigenvalue weighted by atomic mass is 10.0. The van der Waals surface area contributed by atoms with Crippen molar-refractivity contribution in [2.24, 2.45) is 5.92 Å². The first-order valence-electron chi connectivity index (χ1n) is 12.2. The molecule has 0 unspecified atom stereocenters. The number of nitrogens with zero attached hydrogens (tertiary/aromatic N) is 6. The summed E-state index contributed by atoms with van der Waals surface area (Å²) in [5, 5.41) is 9.46. The Balaban J connectivity index is 1.49. The first kappa shape index (κ1) is 23.8. The molecule has 0 atom stereocenters. The van der Waals surface area contributed by atoms with Crippen LogP contribution < -0.4 is 0 Å². The van der Waals surface area contributed by atoms with Gasteiger partial charge in [0.25, 0.3) is 0 Å². The lowest BCUT2D eigenvalue weighted by molar-refractivity contribution is 0.0524. The van der Waals surface area contributed by atoms with E-state index in [1.165, 1.54) is 31.3 Å². The monoisotopic (exact) mass is 488 g/mol. The highest BCUT2D eigenvalue weighted by atomic mass is 19.1. The van der Waals surface area contributed by atoms with Crippen molar-refractivity contribution in [3.8, 4) is 17.1 Å². The molecule has 0 N–H and O–H groups in total. The summed E-state index contributed by atoms with van der Waals surface area (Å²) < 4.78 is 22.4. The van der Waals surface area contributed by atoms with Crippen molar-refractivity contribution >= 4 is 5.97 Å². The predicted octanol–water partition coefficient (Wildman–Crippen LogP) is 4.77. The summed E-state index contributed by atoms with van der Waals surface area (Å²) >= 11 is 0. The summed E-state index contributed by atoms with van der Waals surface area (Å²) in [4.78, 5) is 21.3. The Morgan fingerprint density at radius 3 is 2.56 bits per heavy atom. The van der Waals surface area contributed by atoms with Gasteiger partial charge in [-0.25, -0.2) is 23.8 Å². The second-order valence-corrected chi connectivity index (χ2v) is 9.28. The van der Waals surface area contributed by atoms with E-state index in [4.69, 9.17) is 9.84 Å². The van der Waals surface area contributed by atoms with Crippen molar-refractivity contribution in [2.45, 2.75) is 53.5 Å². The van der Waals surface area contributed by atoms with E-state index < -0.39 is 0 Å². The molecule has 0 radical (unpaired) electrons. The third-order valence-electron chi connectivity index (χ3n) is 6.61. The SMILES string of the molecule is CCOC(=O)c1c(C)nn(-c2cc(Cc3c(C)c(-c4ccc(F)cc4)nn3CC3CC3)ncn2)c1C.